The second-order valence-corrected chi connectivity index (χ2v) is 12.8. The Labute approximate surface area is 281 Å². The van der Waals surface area contributed by atoms with Gasteiger partial charge in [-0.05, 0) is 56.6 Å². The predicted molar refractivity (Wildman–Crippen MR) is 203 cm³/mol. The summed E-state index contributed by atoms with van der Waals surface area (Å²) in [7, 11) is 0. The fourth-order valence-corrected chi connectivity index (χ4v) is 8.05. The lowest BCUT2D eigenvalue weighted by Gasteiger charge is -2.15. The minimum Gasteiger partial charge on any atom is -0.309 e. The molecule has 0 atom stereocenters. The van der Waals surface area contributed by atoms with E-state index in [-0.39, 0.29) is 0 Å². The highest BCUT2D eigenvalue weighted by Crippen LogP contribution is 2.47. The summed E-state index contributed by atoms with van der Waals surface area (Å²) in [6.45, 7) is 0. The van der Waals surface area contributed by atoms with E-state index < -0.39 is 0 Å². The van der Waals surface area contributed by atoms with Crippen LogP contribution < -0.4 is 0 Å². The second kappa shape index (κ2) is 9.93. The Bertz CT molecular complexity index is 2980. The highest BCUT2D eigenvalue weighted by molar-refractivity contribution is 6.40. The molecule has 0 aliphatic carbocycles. The molecule has 4 nitrogen and oxygen atoms in total. The van der Waals surface area contributed by atoms with Gasteiger partial charge in [0.2, 0.25) is 0 Å². The SMILES string of the molecule is c1ccc(-c2nc(-c3ccccc3)nc(-c3ccc(-n4c5cccc6c7cccc8ccc9ccc4c(c9c87)c65)c4ccccc34)n2)cc1. The lowest BCUT2D eigenvalue weighted by atomic mass is 9.89. The molecule has 0 N–H and O–H groups in total. The standard InChI is InChI=1S/C45H26N4/c1-3-11-29(12-4-1)43-46-44(30-13-5-2-6-14-30)48-45(47-43)35-24-26-36(32-17-8-7-16-31(32)35)49-37-20-10-19-34-33-18-9-15-27-21-22-28-23-25-38(49)42(41(34)37)40(28)39(27)33/h1-26H. The molecule has 0 bridgehead atoms. The molecule has 2 aromatic heterocycles. The van der Waals surface area contributed by atoms with Crippen LogP contribution in [0.2, 0.25) is 0 Å². The molecule has 0 fully saturated rings. The van der Waals surface area contributed by atoms with Crippen molar-refractivity contribution >= 4 is 64.9 Å². The van der Waals surface area contributed by atoms with Crippen LogP contribution in [0.1, 0.15) is 0 Å². The van der Waals surface area contributed by atoms with Gasteiger partial charge in [-0.25, -0.2) is 15.0 Å². The normalized spacial score (nSPS) is 12.1. The van der Waals surface area contributed by atoms with E-state index >= 15 is 0 Å². The van der Waals surface area contributed by atoms with Gasteiger partial charge in [0, 0.05) is 38.2 Å². The van der Waals surface area contributed by atoms with E-state index in [0.717, 1.165) is 33.2 Å². The number of fused-ring (bicyclic) bond motifs is 2. The Balaban J connectivity index is 1.21. The van der Waals surface area contributed by atoms with Gasteiger partial charge in [-0.2, -0.15) is 0 Å². The number of nitrogens with zero attached hydrogens (tertiary/aromatic N) is 4. The maximum Gasteiger partial charge on any atom is 0.164 e. The van der Waals surface area contributed by atoms with Gasteiger partial charge < -0.3 is 4.57 Å². The zero-order valence-corrected chi connectivity index (χ0v) is 26.3. The monoisotopic (exact) mass is 622 g/mol. The van der Waals surface area contributed by atoms with Crippen molar-refractivity contribution in [2.45, 2.75) is 0 Å². The maximum atomic E-state index is 5.09. The Morgan fingerprint density at radius 3 is 1.61 bits per heavy atom. The third kappa shape index (κ3) is 3.71. The van der Waals surface area contributed by atoms with Gasteiger partial charge in [0.05, 0.1) is 16.7 Å². The molecule has 9 aromatic carbocycles. The van der Waals surface area contributed by atoms with Crippen molar-refractivity contribution in [1.82, 2.24) is 19.5 Å². The van der Waals surface area contributed by atoms with Gasteiger partial charge in [-0.3, -0.25) is 0 Å². The van der Waals surface area contributed by atoms with E-state index in [0.29, 0.717) is 17.5 Å². The Morgan fingerprint density at radius 1 is 0.327 bits per heavy atom. The van der Waals surface area contributed by atoms with Crippen molar-refractivity contribution in [2.24, 2.45) is 0 Å². The van der Waals surface area contributed by atoms with Crippen LogP contribution in [0.15, 0.2) is 158 Å². The van der Waals surface area contributed by atoms with E-state index in [1.165, 1.54) is 54.1 Å². The molecule has 0 amide bonds. The van der Waals surface area contributed by atoms with Gasteiger partial charge in [0.15, 0.2) is 17.5 Å². The number of hydrogen-bond donors (Lipinski definition) is 0. The van der Waals surface area contributed by atoms with Crippen LogP contribution in [0.3, 0.4) is 0 Å². The third-order valence-electron chi connectivity index (χ3n) is 10.2. The lowest BCUT2D eigenvalue weighted by Crippen LogP contribution is -2.01. The maximum absolute atomic E-state index is 5.09. The highest BCUT2D eigenvalue weighted by atomic mass is 15.0. The molecule has 11 rings (SSSR count). The molecule has 2 heterocycles. The quantitative estimate of drug-likeness (QED) is 0.145. The largest absolute Gasteiger partial charge is 0.309 e. The van der Waals surface area contributed by atoms with E-state index in [9.17, 15) is 0 Å². The molecule has 0 spiro atoms. The van der Waals surface area contributed by atoms with Gasteiger partial charge in [-0.1, -0.05) is 133 Å². The summed E-state index contributed by atoms with van der Waals surface area (Å²) in [6.07, 6.45) is 0. The lowest BCUT2D eigenvalue weighted by molar-refractivity contribution is 1.08. The van der Waals surface area contributed by atoms with Crippen molar-refractivity contribution in [2.75, 3.05) is 0 Å². The summed E-state index contributed by atoms with van der Waals surface area (Å²) in [5.74, 6) is 1.97. The minimum absolute atomic E-state index is 0.654. The smallest absolute Gasteiger partial charge is 0.164 e. The first-order valence-electron chi connectivity index (χ1n) is 16.6. The van der Waals surface area contributed by atoms with E-state index in [1.807, 2.05) is 60.7 Å². The summed E-state index contributed by atoms with van der Waals surface area (Å²) in [5, 5.41) is 12.8. The fourth-order valence-electron chi connectivity index (χ4n) is 8.05. The molecular formula is C45H26N4. The van der Waals surface area contributed by atoms with Crippen molar-refractivity contribution in [3.63, 3.8) is 0 Å². The zero-order chi connectivity index (χ0) is 32.1. The fraction of sp³-hybridized carbons (Fsp3) is 0. The number of aromatic nitrogens is 4. The molecule has 0 saturated carbocycles. The Kier molecular flexibility index (Phi) is 5.35. The van der Waals surface area contributed by atoms with Crippen LogP contribution in [0.4, 0.5) is 0 Å². The molecule has 226 valence electrons. The number of rotatable bonds is 4. The number of hydrogen-bond acceptors (Lipinski definition) is 3. The van der Waals surface area contributed by atoms with Crippen LogP contribution in [-0.2, 0) is 0 Å². The van der Waals surface area contributed by atoms with Crippen LogP contribution in [0.25, 0.3) is 105 Å². The molecule has 0 unspecified atom stereocenters. The van der Waals surface area contributed by atoms with Crippen LogP contribution in [-0.4, -0.2) is 19.5 Å². The molecule has 0 aliphatic heterocycles. The summed E-state index contributed by atoms with van der Waals surface area (Å²) >= 11 is 0. The molecule has 49 heavy (non-hydrogen) atoms. The summed E-state index contributed by atoms with van der Waals surface area (Å²) in [5.41, 5.74) is 6.45. The van der Waals surface area contributed by atoms with Crippen LogP contribution in [0.5, 0.6) is 0 Å². The first-order valence-corrected chi connectivity index (χ1v) is 16.6. The summed E-state index contributed by atoms with van der Waals surface area (Å²) in [4.78, 5) is 15.1. The predicted octanol–water partition coefficient (Wildman–Crippen LogP) is 11.5. The number of benzene rings is 9. The zero-order valence-electron chi connectivity index (χ0n) is 26.3. The molecule has 4 heteroatoms. The van der Waals surface area contributed by atoms with Crippen molar-refractivity contribution in [1.29, 1.82) is 0 Å². The summed E-state index contributed by atoms with van der Waals surface area (Å²) < 4.78 is 2.46. The van der Waals surface area contributed by atoms with E-state index in [1.54, 1.807) is 0 Å². The van der Waals surface area contributed by atoms with Gasteiger partial charge in [0.25, 0.3) is 0 Å². The Morgan fingerprint density at radius 2 is 0.878 bits per heavy atom. The van der Waals surface area contributed by atoms with E-state index in [4.69, 9.17) is 15.0 Å². The first-order chi connectivity index (χ1) is 24.3. The molecule has 0 radical (unpaired) electrons. The van der Waals surface area contributed by atoms with Gasteiger partial charge >= 0.3 is 0 Å². The topological polar surface area (TPSA) is 43.6 Å². The molecular weight excluding hydrogens is 597 g/mol. The van der Waals surface area contributed by atoms with Gasteiger partial charge in [0.1, 0.15) is 0 Å². The Hall–Kier alpha value is -6.65. The minimum atomic E-state index is 0.654. The van der Waals surface area contributed by atoms with Crippen LogP contribution in [0, 0.1) is 0 Å². The third-order valence-corrected chi connectivity index (χ3v) is 10.2. The molecule has 0 aliphatic rings. The average molecular weight is 623 g/mol. The average Bonchev–Trinajstić information content (AvgIpc) is 3.52. The highest BCUT2D eigenvalue weighted by Gasteiger charge is 2.23. The van der Waals surface area contributed by atoms with Gasteiger partial charge in [-0.15, -0.1) is 0 Å². The van der Waals surface area contributed by atoms with Crippen molar-refractivity contribution in [3.05, 3.63) is 158 Å². The molecule has 11 aromatic rings. The first kappa shape index (κ1) is 26.4. The second-order valence-electron chi connectivity index (χ2n) is 12.8. The summed E-state index contributed by atoms with van der Waals surface area (Å²) in [6, 6.07) is 55.9. The molecule has 0 saturated heterocycles. The van der Waals surface area contributed by atoms with Crippen molar-refractivity contribution < 1.29 is 0 Å². The van der Waals surface area contributed by atoms with E-state index in [2.05, 4.69) is 102 Å². The van der Waals surface area contributed by atoms with Crippen molar-refractivity contribution in [3.8, 4) is 39.9 Å². The van der Waals surface area contributed by atoms with Crippen LogP contribution >= 0.6 is 0 Å².